The maximum Gasteiger partial charge on any atom is 0.311 e. The minimum absolute atomic E-state index is 0.329. The van der Waals surface area contributed by atoms with Crippen LogP contribution in [0.15, 0.2) is 29.2 Å². The highest BCUT2D eigenvalue weighted by molar-refractivity contribution is 7.99. The number of rotatable bonds is 1. The average molecular weight is 238 g/mol. The number of aliphatic hydroxyl groups is 1. The van der Waals surface area contributed by atoms with Gasteiger partial charge in [-0.3, -0.25) is 4.79 Å². The Morgan fingerprint density at radius 1 is 1.50 bits per heavy atom. The first-order chi connectivity index (χ1) is 7.74. The van der Waals surface area contributed by atoms with Gasteiger partial charge in [-0.05, 0) is 23.8 Å². The molecule has 0 radical (unpaired) electrons. The zero-order chi connectivity index (χ0) is 11.5. The molecule has 4 heteroatoms. The van der Waals surface area contributed by atoms with Crippen LogP contribution in [0.2, 0.25) is 0 Å². The molecule has 0 bridgehead atoms. The molecule has 0 saturated carbocycles. The first-order valence-corrected chi connectivity index (χ1v) is 6.20. The van der Waals surface area contributed by atoms with Crippen molar-refractivity contribution < 1.29 is 14.6 Å². The molecule has 1 aromatic carbocycles. The first kappa shape index (κ1) is 11.5. The molecule has 2 atom stereocenters. The summed E-state index contributed by atoms with van der Waals surface area (Å²) in [5, 5.41) is 10.2. The van der Waals surface area contributed by atoms with Gasteiger partial charge in [0.05, 0.1) is 19.1 Å². The van der Waals surface area contributed by atoms with Crippen LogP contribution in [0.5, 0.6) is 0 Å². The van der Waals surface area contributed by atoms with E-state index in [1.807, 2.05) is 24.3 Å². The van der Waals surface area contributed by atoms with E-state index >= 15 is 0 Å². The van der Waals surface area contributed by atoms with Gasteiger partial charge in [0.1, 0.15) is 0 Å². The van der Waals surface area contributed by atoms with Crippen LogP contribution in [0.3, 0.4) is 0 Å². The minimum atomic E-state index is -0.751. The van der Waals surface area contributed by atoms with Crippen molar-refractivity contribution in [3.8, 4) is 0 Å². The van der Waals surface area contributed by atoms with E-state index in [0.717, 1.165) is 16.2 Å². The molecule has 1 heterocycles. The first-order valence-electron chi connectivity index (χ1n) is 5.21. The van der Waals surface area contributed by atoms with E-state index in [0.29, 0.717) is 6.42 Å². The van der Waals surface area contributed by atoms with Crippen LogP contribution >= 0.6 is 11.8 Å². The molecule has 0 aromatic heterocycles. The van der Waals surface area contributed by atoms with Gasteiger partial charge in [0.2, 0.25) is 0 Å². The van der Waals surface area contributed by atoms with Gasteiger partial charge in [-0.1, -0.05) is 18.2 Å². The summed E-state index contributed by atoms with van der Waals surface area (Å²) in [6.07, 6.45) is -0.105. The number of ether oxygens (including phenoxy) is 1. The second-order valence-electron chi connectivity index (χ2n) is 3.75. The molecule has 1 aromatic rings. The van der Waals surface area contributed by atoms with Crippen LogP contribution in [0.1, 0.15) is 18.1 Å². The Balaban J connectivity index is 2.33. The maximum atomic E-state index is 11.5. The van der Waals surface area contributed by atoms with Gasteiger partial charge < -0.3 is 9.84 Å². The van der Waals surface area contributed by atoms with Crippen LogP contribution in [0.25, 0.3) is 0 Å². The van der Waals surface area contributed by atoms with Gasteiger partial charge in [-0.2, -0.15) is 0 Å². The summed E-state index contributed by atoms with van der Waals surface area (Å²) in [4.78, 5) is 12.6. The largest absolute Gasteiger partial charge is 0.469 e. The summed E-state index contributed by atoms with van der Waals surface area (Å²) in [7, 11) is 1.36. The van der Waals surface area contributed by atoms with Gasteiger partial charge in [0, 0.05) is 4.90 Å². The Labute approximate surface area is 98.8 Å². The van der Waals surface area contributed by atoms with Crippen molar-refractivity contribution in [1.29, 1.82) is 0 Å². The molecule has 0 fully saturated rings. The summed E-state index contributed by atoms with van der Waals surface area (Å²) in [6, 6.07) is 7.66. The van der Waals surface area contributed by atoms with Crippen LogP contribution < -0.4 is 0 Å². The Morgan fingerprint density at radius 2 is 2.25 bits per heavy atom. The SMILES string of the molecule is COC(=O)C1CCSc2ccccc2C1O. The van der Waals surface area contributed by atoms with Crippen LogP contribution in [-0.2, 0) is 9.53 Å². The number of methoxy groups -OCH3 is 1. The number of hydrogen-bond acceptors (Lipinski definition) is 4. The fraction of sp³-hybridized carbons (Fsp3) is 0.417. The Kier molecular flexibility index (Phi) is 3.51. The predicted molar refractivity (Wildman–Crippen MR) is 62.2 cm³/mol. The smallest absolute Gasteiger partial charge is 0.311 e. The molecule has 0 spiro atoms. The monoisotopic (exact) mass is 238 g/mol. The highest BCUT2D eigenvalue weighted by atomic mass is 32.2. The lowest BCUT2D eigenvalue weighted by Crippen LogP contribution is -2.23. The summed E-state index contributed by atoms with van der Waals surface area (Å²) < 4.78 is 4.72. The van der Waals surface area contributed by atoms with E-state index in [-0.39, 0.29) is 5.97 Å². The van der Waals surface area contributed by atoms with Crippen LogP contribution in [-0.4, -0.2) is 23.9 Å². The summed E-state index contributed by atoms with van der Waals surface area (Å²) >= 11 is 1.68. The zero-order valence-electron chi connectivity index (χ0n) is 9.05. The van der Waals surface area contributed by atoms with Crippen molar-refractivity contribution in [2.24, 2.45) is 5.92 Å². The normalized spacial score (nSPS) is 24.4. The highest BCUT2D eigenvalue weighted by Crippen LogP contribution is 2.38. The van der Waals surface area contributed by atoms with Crippen molar-refractivity contribution in [3.05, 3.63) is 29.8 Å². The number of benzene rings is 1. The van der Waals surface area contributed by atoms with Crippen molar-refractivity contribution in [2.45, 2.75) is 17.4 Å². The van der Waals surface area contributed by atoms with Crippen molar-refractivity contribution in [1.82, 2.24) is 0 Å². The number of carbonyl (C=O) groups excluding carboxylic acids is 1. The number of thioether (sulfide) groups is 1. The molecule has 2 unspecified atom stereocenters. The number of carbonyl (C=O) groups is 1. The summed E-state index contributed by atoms with van der Waals surface area (Å²) in [6.45, 7) is 0. The minimum Gasteiger partial charge on any atom is -0.469 e. The number of hydrogen-bond donors (Lipinski definition) is 1. The maximum absolute atomic E-state index is 11.5. The molecule has 3 nitrogen and oxygen atoms in total. The Morgan fingerprint density at radius 3 is 3.00 bits per heavy atom. The molecule has 0 aliphatic carbocycles. The Bertz CT molecular complexity index is 392. The third-order valence-corrected chi connectivity index (χ3v) is 3.93. The molecule has 0 amide bonds. The number of fused-ring (bicyclic) bond motifs is 1. The number of esters is 1. The highest BCUT2D eigenvalue weighted by Gasteiger charge is 2.32. The third-order valence-electron chi connectivity index (χ3n) is 2.81. The fourth-order valence-corrected chi connectivity index (χ4v) is 3.05. The van der Waals surface area contributed by atoms with Gasteiger partial charge in [-0.25, -0.2) is 0 Å². The summed E-state index contributed by atoms with van der Waals surface area (Å²) in [5.41, 5.74) is 0.834. The van der Waals surface area contributed by atoms with Crippen LogP contribution in [0, 0.1) is 5.92 Å². The Hall–Kier alpha value is -1.00. The predicted octanol–water partition coefficient (Wildman–Crippen LogP) is 2.01. The fourth-order valence-electron chi connectivity index (χ4n) is 1.92. The molecule has 16 heavy (non-hydrogen) atoms. The van der Waals surface area contributed by atoms with Crippen LogP contribution in [0.4, 0.5) is 0 Å². The molecule has 1 aliphatic heterocycles. The lowest BCUT2D eigenvalue weighted by Gasteiger charge is -2.18. The second-order valence-corrected chi connectivity index (χ2v) is 4.89. The lowest BCUT2D eigenvalue weighted by atomic mass is 9.94. The van der Waals surface area contributed by atoms with E-state index in [2.05, 4.69) is 0 Å². The molecule has 2 rings (SSSR count). The quantitative estimate of drug-likeness (QED) is 0.760. The molecular formula is C12H14O3S. The van der Waals surface area contributed by atoms with E-state index < -0.39 is 12.0 Å². The van der Waals surface area contributed by atoms with Gasteiger partial charge in [-0.15, -0.1) is 11.8 Å². The molecule has 1 aliphatic rings. The zero-order valence-corrected chi connectivity index (χ0v) is 9.87. The standard InChI is InChI=1S/C12H14O3S/c1-15-12(14)9-6-7-16-10-5-3-2-4-8(10)11(9)13/h2-5,9,11,13H,6-7H2,1H3. The summed E-state index contributed by atoms with van der Waals surface area (Å²) in [5.74, 6) is 0.0550. The van der Waals surface area contributed by atoms with Gasteiger partial charge in [0.15, 0.2) is 0 Å². The van der Waals surface area contributed by atoms with E-state index in [1.54, 1.807) is 11.8 Å². The molecular weight excluding hydrogens is 224 g/mol. The molecule has 1 N–H and O–H groups in total. The van der Waals surface area contributed by atoms with Crippen molar-refractivity contribution in [3.63, 3.8) is 0 Å². The van der Waals surface area contributed by atoms with Gasteiger partial charge in [0.25, 0.3) is 0 Å². The molecule has 86 valence electrons. The lowest BCUT2D eigenvalue weighted by molar-refractivity contribution is -0.149. The third kappa shape index (κ3) is 2.08. The topological polar surface area (TPSA) is 46.5 Å². The molecule has 0 saturated heterocycles. The van der Waals surface area contributed by atoms with E-state index in [4.69, 9.17) is 4.74 Å². The van der Waals surface area contributed by atoms with Gasteiger partial charge >= 0.3 is 5.97 Å². The van der Waals surface area contributed by atoms with E-state index in [1.165, 1.54) is 7.11 Å². The number of aliphatic hydroxyl groups excluding tert-OH is 1. The second kappa shape index (κ2) is 4.89. The van der Waals surface area contributed by atoms with Crippen molar-refractivity contribution >= 4 is 17.7 Å². The van der Waals surface area contributed by atoms with E-state index in [9.17, 15) is 9.90 Å². The average Bonchev–Trinajstić information content (AvgIpc) is 2.49. The van der Waals surface area contributed by atoms with Crippen molar-refractivity contribution in [2.75, 3.05) is 12.9 Å².